The second-order valence-electron chi connectivity index (χ2n) is 5.89. The summed E-state index contributed by atoms with van der Waals surface area (Å²) in [5.74, 6) is 0.607. The van der Waals surface area contributed by atoms with E-state index in [9.17, 15) is 9.18 Å². The lowest BCUT2D eigenvalue weighted by atomic mass is 10.0. The molecule has 25 heavy (non-hydrogen) atoms. The van der Waals surface area contributed by atoms with E-state index in [1.807, 2.05) is 43.3 Å². The quantitative estimate of drug-likeness (QED) is 0.755. The Balaban J connectivity index is 1.90. The molecular weight excluding hydrogens is 337 g/mol. The summed E-state index contributed by atoms with van der Waals surface area (Å²) in [5, 5.41) is 7.45. The Morgan fingerprint density at radius 3 is 2.76 bits per heavy atom. The molecule has 2 heterocycles. The highest BCUT2D eigenvalue weighted by Gasteiger charge is 2.30. The van der Waals surface area contributed by atoms with E-state index < -0.39 is 0 Å². The molecule has 0 radical (unpaired) electrons. The van der Waals surface area contributed by atoms with Crippen LogP contribution in [-0.2, 0) is 4.79 Å². The number of nitrogens with one attached hydrogen (secondary N) is 1. The molecule has 1 aromatic heterocycles. The molecule has 6 heteroatoms. The molecular formula is C19H16FN3OS. The summed E-state index contributed by atoms with van der Waals surface area (Å²) < 4.78 is 15.5. The molecule has 0 saturated carbocycles. The van der Waals surface area contributed by atoms with Gasteiger partial charge in [-0.25, -0.2) is 9.07 Å². The van der Waals surface area contributed by atoms with Crippen LogP contribution in [0.5, 0.6) is 0 Å². The molecule has 0 bridgehead atoms. The van der Waals surface area contributed by atoms with E-state index >= 15 is 0 Å². The van der Waals surface area contributed by atoms with Crippen LogP contribution in [-0.4, -0.2) is 21.4 Å². The average molecular weight is 353 g/mol. The van der Waals surface area contributed by atoms with Crippen molar-refractivity contribution >= 4 is 23.5 Å². The number of benzene rings is 2. The van der Waals surface area contributed by atoms with Crippen molar-refractivity contribution in [2.24, 2.45) is 0 Å². The van der Waals surface area contributed by atoms with E-state index in [1.54, 1.807) is 10.7 Å². The number of aryl methyl sites for hydroxylation is 1. The van der Waals surface area contributed by atoms with Crippen LogP contribution in [0.4, 0.5) is 10.2 Å². The molecule has 4 rings (SSSR count). The van der Waals surface area contributed by atoms with Gasteiger partial charge in [0.1, 0.15) is 11.6 Å². The molecule has 4 nitrogen and oxygen atoms in total. The Hall–Kier alpha value is -2.60. The zero-order valence-electron chi connectivity index (χ0n) is 13.6. The maximum atomic E-state index is 13.7. The third kappa shape index (κ3) is 2.93. The summed E-state index contributed by atoms with van der Waals surface area (Å²) in [5.41, 5.74) is 3.45. The molecule has 2 aromatic carbocycles. The maximum Gasteiger partial charge on any atom is 0.235 e. The Morgan fingerprint density at radius 1 is 1.20 bits per heavy atom. The van der Waals surface area contributed by atoms with Crippen molar-refractivity contribution in [1.82, 2.24) is 9.78 Å². The fourth-order valence-corrected chi connectivity index (χ4v) is 4.25. The van der Waals surface area contributed by atoms with Crippen LogP contribution in [0, 0.1) is 12.7 Å². The topological polar surface area (TPSA) is 46.9 Å². The Morgan fingerprint density at radius 2 is 2.00 bits per heavy atom. The minimum absolute atomic E-state index is 0.0813. The van der Waals surface area contributed by atoms with Crippen molar-refractivity contribution in [3.63, 3.8) is 0 Å². The van der Waals surface area contributed by atoms with Gasteiger partial charge in [-0.15, -0.1) is 11.8 Å². The Kier molecular flexibility index (Phi) is 4.05. The van der Waals surface area contributed by atoms with E-state index in [1.165, 1.54) is 23.9 Å². The molecule has 0 saturated heterocycles. The highest BCUT2D eigenvalue weighted by atomic mass is 32.2. The van der Waals surface area contributed by atoms with E-state index in [0.717, 1.165) is 22.5 Å². The number of aromatic nitrogens is 2. The minimum atomic E-state index is -0.281. The van der Waals surface area contributed by atoms with Gasteiger partial charge in [0.15, 0.2) is 0 Å². The third-order valence-electron chi connectivity index (χ3n) is 4.16. The molecule has 0 spiro atoms. The minimum Gasteiger partial charge on any atom is -0.310 e. The van der Waals surface area contributed by atoms with Gasteiger partial charge in [0.05, 0.1) is 22.4 Å². The van der Waals surface area contributed by atoms with Gasteiger partial charge in [-0.3, -0.25) is 4.79 Å². The van der Waals surface area contributed by atoms with Crippen molar-refractivity contribution in [2.45, 2.75) is 12.2 Å². The number of halogens is 1. The fraction of sp³-hybridized carbons (Fsp3) is 0.158. The Bertz CT molecular complexity index is 939. The van der Waals surface area contributed by atoms with Gasteiger partial charge in [-0.1, -0.05) is 30.3 Å². The summed E-state index contributed by atoms with van der Waals surface area (Å²) in [4.78, 5) is 12.2. The molecule has 1 N–H and O–H groups in total. The third-order valence-corrected chi connectivity index (χ3v) is 5.43. The first kappa shape index (κ1) is 15.9. The molecule has 1 amide bonds. The van der Waals surface area contributed by atoms with Gasteiger partial charge < -0.3 is 5.32 Å². The molecule has 126 valence electrons. The lowest BCUT2D eigenvalue weighted by molar-refractivity contribution is -0.113. The Labute approximate surface area is 149 Å². The number of thioether (sulfide) groups is 1. The summed E-state index contributed by atoms with van der Waals surface area (Å²) in [6.45, 7) is 1.92. The summed E-state index contributed by atoms with van der Waals surface area (Å²) in [6.07, 6.45) is 0. The van der Waals surface area contributed by atoms with Crippen molar-refractivity contribution < 1.29 is 9.18 Å². The second kappa shape index (κ2) is 6.37. The van der Waals surface area contributed by atoms with Crippen LogP contribution >= 0.6 is 11.8 Å². The molecule has 1 atom stereocenters. The number of carbonyl (C=O) groups is 1. The molecule has 3 aromatic rings. The first-order valence-corrected chi connectivity index (χ1v) is 9.00. The molecule has 1 aliphatic heterocycles. The predicted molar refractivity (Wildman–Crippen MR) is 97.6 cm³/mol. The molecule has 0 fully saturated rings. The smallest absolute Gasteiger partial charge is 0.235 e. The van der Waals surface area contributed by atoms with E-state index in [2.05, 4.69) is 10.4 Å². The number of hydrogen-bond donors (Lipinski definition) is 1. The van der Waals surface area contributed by atoms with Crippen molar-refractivity contribution in [1.29, 1.82) is 0 Å². The van der Waals surface area contributed by atoms with Gasteiger partial charge in [-0.05, 0) is 36.8 Å². The average Bonchev–Trinajstić information content (AvgIpc) is 2.82. The standard InChI is InChI=1S/C19H16FN3OS/c1-12-17-18(13-6-5-7-14(20)10-13)25-11-16(24)21-19(17)23(22-12)15-8-3-2-4-9-15/h2-10,18H,11H2,1H3,(H,21,24). The van der Waals surface area contributed by atoms with Crippen LogP contribution in [0.25, 0.3) is 5.69 Å². The number of para-hydroxylation sites is 1. The predicted octanol–water partition coefficient (Wildman–Crippen LogP) is 4.09. The summed E-state index contributed by atoms with van der Waals surface area (Å²) >= 11 is 1.49. The van der Waals surface area contributed by atoms with Gasteiger partial charge in [0.2, 0.25) is 5.91 Å². The lowest BCUT2D eigenvalue weighted by Gasteiger charge is -2.15. The van der Waals surface area contributed by atoms with Gasteiger partial charge in [0, 0.05) is 5.56 Å². The zero-order valence-corrected chi connectivity index (χ0v) is 14.4. The lowest BCUT2D eigenvalue weighted by Crippen LogP contribution is -2.15. The second-order valence-corrected chi connectivity index (χ2v) is 6.98. The number of anilines is 1. The number of hydrogen-bond acceptors (Lipinski definition) is 3. The van der Waals surface area contributed by atoms with Crippen molar-refractivity contribution in [3.05, 3.63) is 77.2 Å². The number of carbonyl (C=O) groups excluding carboxylic acids is 1. The zero-order chi connectivity index (χ0) is 17.4. The van der Waals surface area contributed by atoms with Crippen molar-refractivity contribution in [2.75, 3.05) is 11.1 Å². The summed E-state index contributed by atoms with van der Waals surface area (Å²) in [6, 6.07) is 16.2. The SMILES string of the molecule is Cc1nn(-c2ccccc2)c2c1C(c1cccc(F)c1)SCC(=O)N2. The highest BCUT2D eigenvalue weighted by Crippen LogP contribution is 2.43. The van der Waals surface area contributed by atoms with Gasteiger partial charge >= 0.3 is 0 Å². The van der Waals surface area contributed by atoms with Crippen molar-refractivity contribution in [3.8, 4) is 5.69 Å². The molecule has 0 aliphatic carbocycles. The van der Waals surface area contributed by atoms with Crippen LogP contribution in [0.2, 0.25) is 0 Å². The number of nitrogens with zero attached hydrogens (tertiary/aromatic N) is 2. The largest absolute Gasteiger partial charge is 0.310 e. The van der Waals surface area contributed by atoms with Crippen LogP contribution in [0.15, 0.2) is 54.6 Å². The van der Waals surface area contributed by atoms with E-state index in [4.69, 9.17) is 0 Å². The number of rotatable bonds is 2. The van der Waals surface area contributed by atoms with Crippen LogP contribution in [0.3, 0.4) is 0 Å². The molecule has 1 aliphatic rings. The van der Waals surface area contributed by atoms with Gasteiger partial charge in [-0.2, -0.15) is 5.10 Å². The maximum absolute atomic E-state index is 13.7. The van der Waals surface area contributed by atoms with Gasteiger partial charge in [0.25, 0.3) is 0 Å². The normalized spacial score (nSPS) is 16.9. The van der Waals surface area contributed by atoms with Crippen LogP contribution < -0.4 is 5.32 Å². The first-order chi connectivity index (χ1) is 12.1. The number of amides is 1. The fourth-order valence-electron chi connectivity index (χ4n) is 3.07. The first-order valence-electron chi connectivity index (χ1n) is 7.95. The molecule has 1 unspecified atom stereocenters. The van der Waals surface area contributed by atoms with Crippen LogP contribution in [0.1, 0.15) is 22.1 Å². The summed E-state index contributed by atoms with van der Waals surface area (Å²) in [7, 11) is 0. The number of fused-ring (bicyclic) bond motifs is 1. The van der Waals surface area contributed by atoms with E-state index in [-0.39, 0.29) is 17.0 Å². The van der Waals surface area contributed by atoms with E-state index in [0.29, 0.717) is 11.6 Å². The highest BCUT2D eigenvalue weighted by molar-refractivity contribution is 8.00. The monoisotopic (exact) mass is 353 g/mol.